The van der Waals surface area contributed by atoms with E-state index in [0.29, 0.717) is 6.04 Å². The summed E-state index contributed by atoms with van der Waals surface area (Å²) in [4.78, 5) is 8.63. The van der Waals surface area contributed by atoms with E-state index < -0.39 is 0 Å². The highest BCUT2D eigenvalue weighted by Crippen LogP contribution is 2.28. The van der Waals surface area contributed by atoms with Gasteiger partial charge in [0.2, 0.25) is 0 Å². The molecule has 0 unspecified atom stereocenters. The van der Waals surface area contributed by atoms with Crippen LogP contribution in [0.15, 0.2) is 12.4 Å². The Morgan fingerprint density at radius 1 is 1.28 bits per heavy atom. The standard InChI is InChI=1S/C13H17N5/c1-8-13(9(2)18(3)17-8)11-6-12(15-7-14-11)16-10-4-5-10/h6-7,10H,4-5H2,1-3H3,(H,14,15,16). The second-order valence-corrected chi connectivity index (χ2v) is 4.88. The highest BCUT2D eigenvalue weighted by molar-refractivity contribution is 5.67. The summed E-state index contributed by atoms with van der Waals surface area (Å²) in [7, 11) is 1.95. The Balaban J connectivity index is 1.99. The molecule has 18 heavy (non-hydrogen) atoms. The molecule has 3 rings (SSSR count). The van der Waals surface area contributed by atoms with Gasteiger partial charge in [-0.3, -0.25) is 4.68 Å². The minimum absolute atomic E-state index is 0.601. The molecule has 2 heterocycles. The third kappa shape index (κ3) is 1.96. The lowest BCUT2D eigenvalue weighted by Gasteiger charge is -2.06. The Morgan fingerprint density at radius 2 is 2.06 bits per heavy atom. The Hall–Kier alpha value is -1.91. The fourth-order valence-corrected chi connectivity index (χ4v) is 2.15. The summed E-state index contributed by atoms with van der Waals surface area (Å²) >= 11 is 0. The van der Waals surface area contributed by atoms with E-state index in [1.165, 1.54) is 12.8 Å². The quantitative estimate of drug-likeness (QED) is 0.896. The van der Waals surface area contributed by atoms with Gasteiger partial charge in [-0.05, 0) is 26.7 Å². The highest BCUT2D eigenvalue weighted by Gasteiger charge is 2.22. The Morgan fingerprint density at radius 3 is 2.67 bits per heavy atom. The summed E-state index contributed by atoms with van der Waals surface area (Å²) in [6.45, 7) is 4.07. The summed E-state index contributed by atoms with van der Waals surface area (Å²) < 4.78 is 1.89. The number of aryl methyl sites for hydroxylation is 2. The minimum Gasteiger partial charge on any atom is -0.367 e. The van der Waals surface area contributed by atoms with Crippen LogP contribution in [0.3, 0.4) is 0 Å². The number of anilines is 1. The van der Waals surface area contributed by atoms with Gasteiger partial charge in [0.05, 0.1) is 11.4 Å². The van der Waals surface area contributed by atoms with Crippen LogP contribution in [-0.4, -0.2) is 25.8 Å². The Labute approximate surface area is 106 Å². The van der Waals surface area contributed by atoms with Crippen molar-refractivity contribution >= 4 is 5.82 Å². The second kappa shape index (κ2) is 4.08. The minimum atomic E-state index is 0.601. The summed E-state index contributed by atoms with van der Waals surface area (Å²) in [5.74, 6) is 0.908. The molecule has 0 aliphatic heterocycles. The second-order valence-electron chi connectivity index (χ2n) is 4.88. The fraction of sp³-hybridized carbons (Fsp3) is 0.462. The van der Waals surface area contributed by atoms with Crippen LogP contribution in [0.1, 0.15) is 24.2 Å². The van der Waals surface area contributed by atoms with Crippen molar-refractivity contribution in [3.05, 3.63) is 23.8 Å². The zero-order valence-corrected chi connectivity index (χ0v) is 10.9. The maximum Gasteiger partial charge on any atom is 0.130 e. The average Bonchev–Trinajstić information content (AvgIpc) is 3.09. The molecule has 94 valence electrons. The molecule has 1 aliphatic carbocycles. The van der Waals surface area contributed by atoms with Gasteiger partial charge in [0.15, 0.2) is 0 Å². The van der Waals surface area contributed by atoms with Crippen molar-refractivity contribution in [2.24, 2.45) is 7.05 Å². The molecule has 0 saturated heterocycles. The number of aromatic nitrogens is 4. The maximum atomic E-state index is 4.43. The Kier molecular flexibility index (Phi) is 2.54. The molecule has 2 aromatic heterocycles. The molecule has 0 spiro atoms. The molecule has 1 N–H and O–H groups in total. The summed E-state index contributed by atoms with van der Waals surface area (Å²) in [6.07, 6.45) is 4.10. The molecular formula is C13H17N5. The van der Waals surface area contributed by atoms with E-state index in [9.17, 15) is 0 Å². The molecule has 5 heteroatoms. The summed E-state index contributed by atoms with van der Waals surface area (Å²) in [5.41, 5.74) is 4.18. The van der Waals surface area contributed by atoms with Crippen LogP contribution in [-0.2, 0) is 7.05 Å². The van der Waals surface area contributed by atoms with Crippen LogP contribution in [0.2, 0.25) is 0 Å². The maximum absolute atomic E-state index is 4.43. The number of rotatable bonds is 3. The Bertz CT molecular complexity index is 583. The fourth-order valence-electron chi connectivity index (χ4n) is 2.15. The van der Waals surface area contributed by atoms with Gasteiger partial charge in [0, 0.05) is 30.4 Å². The van der Waals surface area contributed by atoms with E-state index >= 15 is 0 Å². The third-order valence-corrected chi connectivity index (χ3v) is 3.36. The first-order valence-corrected chi connectivity index (χ1v) is 6.24. The van der Waals surface area contributed by atoms with E-state index in [1.807, 2.05) is 24.7 Å². The van der Waals surface area contributed by atoms with Crippen molar-refractivity contribution in [3.63, 3.8) is 0 Å². The van der Waals surface area contributed by atoms with Crippen LogP contribution >= 0.6 is 0 Å². The third-order valence-electron chi connectivity index (χ3n) is 3.36. The van der Waals surface area contributed by atoms with Crippen molar-refractivity contribution < 1.29 is 0 Å². The molecule has 5 nitrogen and oxygen atoms in total. The first kappa shape index (κ1) is 11.2. The first-order chi connectivity index (χ1) is 8.65. The van der Waals surface area contributed by atoms with E-state index in [4.69, 9.17) is 0 Å². The lowest BCUT2D eigenvalue weighted by atomic mass is 10.1. The SMILES string of the molecule is Cc1nn(C)c(C)c1-c1cc(NC2CC2)ncn1. The van der Waals surface area contributed by atoms with Crippen LogP contribution < -0.4 is 5.32 Å². The molecule has 0 amide bonds. The molecule has 0 bridgehead atoms. The van der Waals surface area contributed by atoms with Gasteiger partial charge in [0.25, 0.3) is 0 Å². The predicted octanol–water partition coefficient (Wildman–Crippen LogP) is 2.07. The van der Waals surface area contributed by atoms with Crippen molar-refractivity contribution in [1.29, 1.82) is 0 Å². The number of hydrogen-bond acceptors (Lipinski definition) is 4. The van der Waals surface area contributed by atoms with Gasteiger partial charge >= 0.3 is 0 Å². The van der Waals surface area contributed by atoms with Gasteiger partial charge < -0.3 is 5.32 Å². The van der Waals surface area contributed by atoms with Gasteiger partial charge in [-0.15, -0.1) is 0 Å². The molecule has 0 atom stereocenters. The van der Waals surface area contributed by atoms with Crippen LogP contribution in [0, 0.1) is 13.8 Å². The van der Waals surface area contributed by atoms with Gasteiger partial charge in [-0.25, -0.2) is 9.97 Å². The zero-order valence-electron chi connectivity index (χ0n) is 10.9. The van der Waals surface area contributed by atoms with Crippen molar-refractivity contribution in [3.8, 4) is 11.3 Å². The van der Waals surface area contributed by atoms with Crippen LogP contribution in [0.4, 0.5) is 5.82 Å². The van der Waals surface area contributed by atoms with Crippen molar-refractivity contribution in [2.45, 2.75) is 32.7 Å². The topological polar surface area (TPSA) is 55.6 Å². The van der Waals surface area contributed by atoms with Gasteiger partial charge in [-0.1, -0.05) is 0 Å². The smallest absolute Gasteiger partial charge is 0.130 e. The summed E-state index contributed by atoms with van der Waals surface area (Å²) in [5, 5.41) is 7.82. The normalized spacial score (nSPS) is 14.8. The molecule has 2 aromatic rings. The lowest BCUT2D eigenvalue weighted by molar-refractivity contribution is 0.731. The molecule has 1 aliphatic rings. The highest BCUT2D eigenvalue weighted by atomic mass is 15.3. The monoisotopic (exact) mass is 243 g/mol. The van der Waals surface area contributed by atoms with E-state index in [1.54, 1.807) is 6.33 Å². The molecule has 0 radical (unpaired) electrons. The van der Waals surface area contributed by atoms with Gasteiger partial charge in [-0.2, -0.15) is 5.10 Å². The van der Waals surface area contributed by atoms with Crippen molar-refractivity contribution in [1.82, 2.24) is 19.7 Å². The van der Waals surface area contributed by atoms with Crippen LogP contribution in [0.5, 0.6) is 0 Å². The van der Waals surface area contributed by atoms with Crippen LogP contribution in [0.25, 0.3) is 11.3 Å². The largest absolute Gasteiger partial charge is 0.367 e. The molecule has 1 fully saturated rings. The number of nitrogens with zero attached hydrogens (tertiary/aromatic N) is 4. The number of nitrogens with one attached hydrogen (secondary N) is 1. The van der Waals surface area contributed by atoms with Crippen molar-refractivity contribution in [2.75, 3.05) is 5.32 Å². The lowest BCUT2D eigenvalue weighted by Crippen LogP contribution is -2.03. The first-order valence-electron chi connectivity index (χ1n) is 6.24. The van der Waals surface area contributed by atoms with E-state index in [0.717, 1.165) is 28.5 Å². The van der Waals surface area contributed by atoms with E-state index in [2.05, 4.69) is 27.3 Å². The van der Waals surface area contributed by atoms with E-state index in [-0.39, 0.29) is 0 Å². The average molecular weight is 243 g/mol. The molecule has 1 saturated carbocycles. The molecule has 0 aromatic carbocycles. The zero-order chi connectivity index (χ0) is 12.7. The molecular weight excluding hydrogens is 226 g/mol. The van der Waals surface area contributed by atoms with Gasteiger partial charge in [0.1, 0.15) is 12.1 Å². The number of hydrogen-bond donors (Lipinski definition) is 1. The predicted molar refractivity (Wildman–Crippen MR) is 70.4 cm³/mol. The summed E-state index contributed by atoms with van der Waals surface area (Å²) in [6, 6.07) is 2.61.